The fraction of sp³-hybridized carbons (Fsp3) is 0.304. The van der Waals surface area contributed by atoms with Crippen LogP contribution in [0.3, 0.4) is 0 Å². The lowest BCUT2D eigenvalue weighted by Gasteiger charge is -2.38. The molecule has 0 aliphatic carbocycles. The number of thiazole rings is 1. The van der Waals surface area contributed by atoms with E-state index in [1.54, 1.807) is 28.6 Å². The Labute approximate surface area is 207 Å². The second-order valence-electron chi connectivity index (χ2n) is 8.23. The largest absolute Gasteiger partial charge is 0.369 e. The molecule has 0 bridgehead atoms. The van der Waals surface area contributed by atoms with Gasteiger partial charge in [-0.05, 0) is 55.0 Å². The Balaban J connectivity index is 1.21. The number of amides is 1. The van der Waals surface area contributed by atoms with Crippen LogP contribution >= 0.6 is 22.9 Å². The molecule has 0 saturated carbocycles. The third-order valence-corrected chi connectivity index (χ3v) is 8.66. The van der Waals surface area contributed by atoms with Gasteiger partial charge in [0.15, 0.2) is 5.13 Å². The Kier molecular flexibility index (Phi) is 6.48. The molecule has 5 rings (SSSR count). The van der Waals surface area contributed by atoms with Crippen LogP contribution in [0.25, 0.3) is 0 Å². The quantitative estimate of drug-likeness (QED) is 0.538. The SMILES string of the molecule is O=C1[C@@H](N2CCN(c3ccc(Cl)cc3)CC2)CCN1c1ccc(S(=O)(=O)Nc2nccs2)cc1. The minimum absolute atomic E-state index is 0.0662. The molecule has 0 unspecified atom stereocenters. The van der Waals surface area contributed by atoms with Crippen LogP contribution in [0.15, 0.2) is 65.0 Å². The smallest absolute Gasteiger partial charge is 0.263 e. The number of rotatable bonds is 6. The predicted molar refractivity (Wildman–Crippen MR) is 135 cm³/mol. The van der Waals surface area contributed by atoms with Crippen LogP contribution in [0.2, 0.25) is 5.02 Å². The van der Waals surface area contributed by atoms with Gasteiger partial charge in [0.25, 0.3) is 10.0 Å². The third kappa shape index (κ3) is 4.76. The van der Waals surface area contributed by atoms with Crippen LogP contribution in [0.5, 0.6) is 0 Å². The number of benzene rings is 2. The predicted octanol–water partition coefficient (Wildman–Crippen LogP) is 3.52. The molecule has 8 nitrogen and oxygen atoms in total. The van der Waals surface area contributed by atoms with Crippen molar-refractivity contribution < 1.29 is 13.2 Å². The Morgan fingerprint density at radius 1 is 0.941 bits per heavy atom. The van der Waals surface area contributed by atoms with Crippen molar-refractivity contribution in [2.75, 3.05) is 47.2 Å². The highest BCUT2D eigenvalue weighted by molar-refractivity contribution is 7.93. The van der Waals surface area contributed by atoms with Gasteiger partial charge in [-0.2, -0.15) is 0 Å². The summed E-state index contributed by atoms with van der Waals surface area (Å²) in [5, 5.41) is 2.74. The van der Waals surface area contributed by atoms with E-state index < -0.39 is 10.0 Å². The highest BCUT2D eigenvalue weighted by Crippen LogP contribution is 2.28. The zero-order chi connectivity index (χ0) is 23.7. The summed E-state index contributed by atoms with van der Waals surface area (Å²) in [6.07, 6.45) is 2.30. The second-order valence-corrected chi connectivity index (χ2v) is 11.2. The summed E-state index contributed by atoms with van der Waals surface area (Å²) in [4.78, 5) is 23.6. The van der Waals surface area contributed by atoms with E-state index in [0.29, 0.717) is 17.4 Å². The third-order valence-electron chi connectivity index (χ3n) is 6.24. The van der Waals surface area contributed by atoms with Crippen molar-refractivity contribution in [3.05, 3.63) is 65.1 Å². The highest BCUT2D eigenvalue weighted by Gasteiger charge is 2.37. The van der Waals surface area contributed by atoms with E-state index in [-0.39, 0.29) is 16.8 Å². The summed E-state index contributed by atoms with van der Waals surface area (Å²) in [6.45, 7) is 3.94. The van der Waals surface area contributed by atoms with E-state index in [4.69, 9.17) is 11.6 Å². The molecule has 2 aliphatic rings. The number of aromatic nitrogens is 1. The zero-order valence-corrected chi connectivity index (χ0v) is 20.7. The molecule has 2 aliphatic heterocycles. The molecule has 11 heteroatoms. The van der Waals surface area contributed by atoms with Gasteiger partial charge < -0.3 is 9.80 Å². The summed E-state index contributed by atoms with van der Waals surface area (Å²) in [5.41, 5.74) is 1.85. The zero-order valence-electron chi connectivity index (χ0n) is 18.3. The summed E-state index contributed by atoms with van der Waals surface area (Å²) in [7, 11) is -3.72. The molecule has 1 N–H and O–H groups in total. The van der Waals surface area contributed by atoms with E-state index >= 15 is 0 Å². The number of anilines is 3. The van der Waals surface area contributed by atoms with Gasteiger partial charge >= 0.3 is 0 Å². The Morgan fingerprint density at radius 3 is 2.26 bits per heavy atom. The molecular weight excluding hydrogens is 494 g/mol. The average molecular weight is 518 g/mol. The summed E-state index contributed by atoms with van der Waals surface area (Å²) >= 11 is 7.21. The van der Waals surface area contributed by atoms with Crippen molar-refractivity contribution >= 4 is 55.4 Å². The van der Waals surface area contributed by atoms with Gasteiger partial charge in [-0.15, -0.1) is 11.3 Å². The van der Waals surface area contributed by atoms with Crippen LogP contribution < -0.4 is 14.5 Å². The van der Waals surface area contributed by atoms with Gasteiger partial charge in [-0.3, -0.25) is 14.4 Å². The first-order valence-electron chi connectivity index (χ1n) is 11.0. The lowest BCUT2D eigenvalue weighted by Crippen LogP contribution is -2.52. The van der Waals surface area contributed by atoms with Gasteiger partial charge in [0.1, 0.15) is 0 Å². The van der Waals surface area contributed by atoms with Crippen LogP contribution in [0.1, 0.15) is 6.42 Å². The molecule has 2 fully saturated rings. The number of hydrogen-bond donors (Lipinski definition) is 1. The van der Waals surface area contributed by atoms with Crippen molar-refractivity contribution in [3.63, 3.8) is 0 Å². The molecule has 2 saturated heterocycles. The van der Waals surface area contributed by atoms with Crippen LogP contribution in [-0.2, 0) is 14.8 Å². The first-order valence-corrected chi connectivity index (χ1v) is 13.7. The van der Waals surface area contributed by atoms with Gasteiger partial charge in [0.2, 0.25) is 5.91 Å². The second kappa shape index (κ2) is 9.53. The number of piperazine rings is 1. The van der Waals surface area contributed by atoms with E-state index in [0.717, 1.165) is 43.3 Å². The van der Waals surface area contributed by atoms with Crippen molar-refractivity contribution in [2.45, 2.75) is 17.4 Å². The van der Waals surface area contributed by atoms with Crippen molar-refractivity contribution in [2.24, 2.45) is 0 Å². The van der Waals surface area contributed by atoms with Crippen LogP contribution in [0.4, 0.5) is 16.5 Å². The van der Waals surface area contributed by atoms with Gasteiger partial charge in [-0.25, -0.2) is 13.4 Å². The first kappa shape index (κ1) is 23.1. The Morgan fingerprint density at radius 2 is 1.62 bits per heavy atom. The van der Waals surface area contributed by atoms with Crippen LogP contribution in [0, 0.1) is 0 Å². The number of nitrogens with one attached hydrogen (secondary N) is 1. The molecule has 2 aromatic carbocycles. The minimum Gasteiger partial charge on any atom is -0.369 e. The number of hydrogen-bond acceptors (Lipinski definition) is 7. The highest BCUT2D eigenvalue weighted by atomic mass is 35.5. The number of carbonyl (C=O) groups excluding carboxylic acids is 1. The first-order chi connectivity index (χ1) is 16.4. The van der Waals surface area contributed by atoms with Crippen molar-refractivity contribution in [3.8, 4) is 0 Å². The molecule has 1 atom stereocenters. The average Bonchev–Trinajstić information content (AvgIpc) is 3.49. The maximum atomic E-state index is 13.2. The molecule has 1 amide bonds. The van der Waals surface area contributed by atoms with Crippen molar-refractivity contribution in [1.29, 1.82) is 0 Å². The maximum Gasteiger partial charge on any atom is 0.263 e. The molecule has 3 aromatic rings. The lowest BCUT2D eigenvalue weighted by molar-refractivity contribution is -0.121. The normalized spacial score (nSPS) is 19.6. The molecule has 34 heavy (non-hydrogen) atoms. The summed E-state index contributed by atoms with van der Waals surface area (Å²) in [5.74, 6) is 0.0662. The molecule has 3 heterocycles. The van der Waals surface area contributed by atoms with Crippen molar-refractivity contribution in [1.82, 2.24) is 9.88 Å². The van der Waals surface area contributed by atoms with E-state index in [2.05, 4.69) is 19.5 Å². The maximum absolute atomic E-state index is 13.2. The molecular formula is C23H24ClN5O3S2. The standard InChI is InChI=1S/C23H24ClN5O3S2/c24-17-1-3-18(4-2-17)27-12-14-28(15-13-27)21-9-11-29(22(21)30)19-5-7-20(8-6-19)34(31,32)26-23-25-10-16-33-23/h1-8,10,16,21H,9,11-15H2,(H,25,26)/t21-/m0/s1. The van der Waals surface area contributed by atoms with E-state index in [1.165, 1.54) is 23.5 Å². The number of carbonyl (C=O) groups is 1. The molecule has 0 radical (unpaired) electrons. The van der Waals surface area contributed by atoms with Gasteiger partial charge in [-0.1, -0.05) is 11.6 Å². The van der Waals surface area contributed by atoms with Gasteiger partial charge in [0, 0.05) is 60.7 Å². The van der Waals surface area contributed by atoms with E-state index in [1.807, 2.05) is 24.3 Å². The van der Waals surface area contributed by atoms with Gasteiger partial charge in [0.05, 0.1) is 10.9 Å². The summed E-state index contributed by atoms with van der Waals surface area (Å²) < 4.78 is 27.6. The number of nitrogens with zero attached hydrogens (tertiary/aromatic N) is 4. The molecule has 0 spiro atoms. The monoisotopic (exact) mass is 517 g/mol. The summed E-state index contributed by atoms with van der Waals surface area (Å²) in [6, 6.07) is 14.1. The molecule has 178 valence electrons. The fourth-order valence-corrected chi connectivity index (χ4v) is 6.37. The lowest BCUT2D eigenvalue weighted by atomic mass is 10.1. The Hall–Kier alpha value is -2.66. The number of halogens is 1. The fourth-order valence-electron chi connectivity index (χ4n) is 4.46. The van der Waals surface area contributed by atoms with Crippen LogP contribution in [-0.4, -0.2) is 63.0 Å². The molecule has 1 aromatic heterocycles. The topological polar surface area (TPSA) is 85.9 Å². The number of sulfonamides is 1. The Bertz CT molecular complexity index is 1240. The minimum atomic E-state index is -3.72. The van der Waals surface area contributed by atoms with E-state index in [9.17, 15) is 13.2 Å².